The van der Waals surface area contributed by atoms with Gasteiger partial charge in [0.15, 0.2) is 5.65 Å². The van der Waals surface area contributed by atoms with Crippen LogP contribution in [0, 0.1) is 0 Å². The Kier molecular flexibility index (Phi) is 6.15. The second kappa shape index (κ2) is 8.69. The molecule has 3 heterocycles. The molecule has 31 heavy (non-hydrogen) atoms. The Labute approximate surface area is 183 Å². The summed E-state index contributed by atoms with van der Waals surface area (Å²) in [6, 6.07) is 8.60. The highest BCUT2D eigenvalue weighted by molar-refractivity contribution is 7.88. The molecular formula is C19H21ClN4O6S. The summed E-state index contributed by atoms with van der Waals surface area (Å²) >= 11 is 6.39. The number of hydrogen-bond acceptors (Lipinski definition) is 8. The van der Waals surface area contributed by atoms with E-state index in [1.54, 1.807) is 30.3 Å². The van der Waals surface area contributed by atoms with E-state index >= 15 is 0 Å². The minimum absolute atomic E-state index is 0.211. The Bertz CT molecular complexity index is 1180. The predicted molar refractivity (Wildman–Crippen MR) is 113 cm³/mol. The van der Waals surface area contributed by atoms with E-state index in [9.17, 15) is 13.5 Å². The van der Waals surface area contributed by atoms with Gasteiger partial charge in [-0.3, -0.25) is 0 Å². The molecule has 0 bridgehead atoms. The monoisotopic (exact) mass is 468 g/mol. The van der Waals surface area contributed by atoms with Gasteiger partial charge in [0, 0.05) is 12.0 Å². The van der Waals surface area contributed by atoms with Crippen LogP contribution in [0.5, 0.6) is 6.01 Å². The Morgan fingerprint density at radius 2 is 2.03 bits per heavy atom. The molecule has 0 spiro atoms. The molecule has 0 amide bonds. The summed E-state index contributed by atoms with van der Waals surface area (Å²) in [5.74, 6) is -0.258. The lowest BCUT2D eigenvalue weighted by Crippen LogP contribution is -2.45. The van der Waals surface area contributed by atoms with Crippen LogP contribution in [0.3, 0.4) is 0 Å². The highest BCUT2D eigenvalue weighted by atomic mass is 35.5. The predicted octanol–water partition coefficient (Wildman–Crippen LogP) is 0.956. The topological polar surface area (TPSA) is 161 Å². The number of aromatic nitrogens is 3. The fraction of sp³-hybridized carbons (Fsp3) is 0.368. The van der Waals surface area contributed by atoms with Crippen LogP contribution in [0.2, 0.25) is 5.02 Å². The molecule has 1 saturated heterocycles. The Balaban J connectivity index is 1.54. The van der Waals surface area contributed by atoms with Gasteiger partial charge in [0.05, 0.1) is 41.3 Å². The quantitative estimate of drug-likeness (QED) is 0.416. The molecule has 10 nitrogen and oxygen atoms in total. The molecule has 4 rings (SSSR count). The van der Waals surface area contributed by atoms with Gasteiger partial charge in [-0.05, 0) is 11.6 Å². The molecule has 1 fully saturated rings. The van der Waals surface area contributed by atoms with Crippen LogP contribution in [0.1, 0.15) is 12.0 Å². The number of nitrogens with one attached hydrogen (secondary N) is 1. The van der Waals surface area contributed by atoms with Crippen LogP contribution in [-0.4, -0.2) is 65.1 Å². The Hall–Kier alpha value is -2.28. The normalized spacial score (nSPS) is 22.0. The molecule has 0 aliphatic carbocycles. The van der Waals surface area contributed by atoms with Crippen molar-refractivity contribution in [3.63, 3.8) is 0 Å². The summed E-state index contributed by atoms with van der Waals surface area (Å²) in [6.07, 6.45) is -1.58. The van der Waals surface area contributed by atoms with Crippen molar-refractivity contribution in [2.45, 2.75) is 30.5 Å². The smallest absolute Gasteiger partial charge is 0.296 e. The first-order valence-corrected chi connectivity index (χ1v) is 11.5. The number of primary sulfonamides is 1. The number of sulfonamides is 1. The summed E-state index contributed by atoms with van der Waals surface area (Å²) in [5, 5.41) is 24.6. The maximum absolute atomic E-state index is 11.2. The van der Waals surface area contributed by atoms with Crippen LogP contribution in [0.4, 0.5) is 0 Å². The minimum Gasteiger partial charge on any atom is -0.459 e. The molecule has 166 valence electrons. The number of aromatic amines is 1. The molecule has 1 aliphatic rings. The van der Waals surface area contributed by atoms with E-state index in [1.165, 1.54) is 0 Å². The third-order valence-electron chi connectivity index (χ3n) is 4.89. The zero-order chi connectivity index (χ0) is 22.2. The third kappa shape index (κ3) is 5.14. The van der Waals surface area contributed by atoms with Crippen LogP contribution in [0.15, 0.2) is 30.3 Å². The third-order valence-corrected chi connectivity index (χ3v) is 5.91. The Morgan fingerprint density at radius 1 is 1.29 bits per heavy atom. The highest BCUT2D eigenvalue weighted by Gasteiger charge is 2.31. The van der Waals surface area contributed by atoms with Gasteiger partial charge in [0.2, 0.25) is 10.0 Å². The van der Waals surface area contributed by atoms with E-state index in [4.69, 9.17) is 31.3 Å². The first-order valence-electron chi connectivity index (χ1n) is 9.45. The van der Waals surface area contributed by atoms with Crippen molar-refractivity contribution in [1.82, 2.24) is 15.0 Å². The fourth-order valence-corrected chi connectivity index (χ4v) is 4.31. The second-order valence-electron chi connectivity index (χ2n) is 7.33. The van der Waals surface area contributed by atoms with Gasteiger partial charge in [-0.15, -0.1) is 0 Å². The number of rotatable bonds is 6. The van der Waals surface area contributed by atoms with Crippen molar-refractivity contribution < 1.29 is 28.1 Å². The van der Waals surface area contributed by atoms with E-state index < -0.39 is 28.3 Å². The van der Waals surface area contributed by atoms with Crippen molar-refractivity contribution in [3.05, 3.63) is 40.9 Å². The summed E-state index contributed by atoms with van der Waals surface area (Å²) in [5.41, 5.74) is 2.68. The van der Waals surface area contributed by atoms with E-state index in [0.717, 1.165) is 0 Å². The molecule has 5 N–H and O–H groups in total. The number of pyridine rings is 1. The number of fused-ring (bicyclic) bond motifs is 1. The summed E-state index contributed by atoms with van der Waals surface area (Å²) in [6.45, 7) is -0.0453. The van der Waals surface area contributed by atoms with E-state index in [1.807, 2.05) is 0 Å². The number of ether oxygens (including phenoxy) is 2. The summed E-state index contributed by atoms with van der Waals surface area (Å²) in [7, 11) is -3.62. The van der Waals surface area contributed by atoms with Crippen molar-refractivity contribution in [2.75, 3.05) is 13.2 Å². The van der Waals surface area contributed by atoms with Gasteiger partial charge in [0.25, 0.3) is 6.01 Å². The number of imidazole rings is 1. The van der Waals surface area contributed by atoms with Gasteiger partial charge in [-0.1, -0.05) is 35.9 Å². The molecular weight excluding hydrogens is 448 g/mol. The molecule has 0 saturated carbocycles. The largest absolute Gasteiger partial charge is 0.459 e. The first-order chi connectivity index (χ1) is 14.7. The maximum atomic E-state index is 11.2. The summed E-state index contributed by atoms with van der Waals surface area (Å²) in [4.78, 5) is 11.8. The number of nitrogens with zero attached hydrogens (tertiary/aromatic N) is 2. The van der Waals surface area contributed by atoms with Crippen molar-refractivity contribution >= 4 is 32.8 Å². The van der Waals surface area contributed by atoms with Gasteiger partial charge < -0.3 is 24.7 Å². The van der Waals surface area contributed by atoms with Gasteiger partial charge in [0.1, 0.15) is 12.2 Å². The van der Waals surface area contributed by atoms with Gasteiger partial charge in [-0.2, -0.15) is 4.98 Å². The average Bonchev–Trinajstić information content (AvgIpc) is 3.08. The number of aliphatic hydroxyl groups excluding tert-OH is 2. The van der Waals surface area contributed by atoms with E-state index in [2.05, 4.69) is 15.0 Å². The zero-order valence-corrected chi connectivity index (χ0v) is 17.8. The molecule has 1 aromatic carbocycles. The number of hydrogen-bond donors (Lipinski definition) is 4. The number of halogens is 1. The molecule has 3 atom stereocenters. The van der Waals surface area contributed by atoms with Gasteiger partial charge in [-0.25, -0.2) is 18.5 Å². The number of benzene rings is 1. The lowest BCUT2D eigenvalue weighted by atomic mass is 10.0. The molecule has 0 radical (unpaired) electrons. The van der Waals surface area contributed by atoms with Crippen molar-refractivity contribution in [1.29, 1.82) is 0 Å². The van der Waals surface area contributed by atoms with Crippen molar-refractivity contribution in [3.8, 4) is 17.3 Å². The standard InChI is InChI=1S/C19H21ClN4O6S/c20-13-6-14-18(23-17(13)11-3-1-10(2-4-11)9-31(21,27)28)24-19(22-14)30-12-5-15(26)16(7-25)29-8-12/h1-4,6,12,15-16,25-26H,5,7-9H2,(H2,21,27,28)(H,22,23,24)/t12-,15+,16?/m1/s1. The summed E-state index contributed by atoms with van der Waals surface area (Å²) < 4.78 is 33.6. The lowest BCUT2D eigenvalue weighted by molar-refractivity contribution is -0.131. The lowest BCUT2D eigenvalue weighted by Gasteiger charge is -2.31. The maximum Gasteiger partial charge on any atom is 0.296 e. The minimum atomic E-state index is -3.62. The number of H-pyrrole nitrogens is 1. The van der Waals surface area contributed by atoms with Crippen LogP contribution in [0.25, 0.3) is 22.4 Å². The SMILES string of the molecule is NS(=O)(=O)Cc1ccc(-c2nc3nc(O[C@H]4COC(CO)[C@@H](O)C4)[nH]c3cc2Cl)cc1. The zero-order valence-electron chi connectivity index (χ0n) is 16.2. The van der Waals surface area contributed by atoms with E-state index in [0.29, 0.717) is 39.4 Å². The number of nitrogens with two attached hydrogens (primary N) is 1. The number of aliphatic hydroxyl groups is 2. The van der Waals surface area contributed by atoms with Crippen LogP contribution in [-0.2, 0) is 20.5 Å². The Morgan fingerprint density at radius 3 is 2.68 bits per heavy atom. The van der Waals surface area contributed by atoms with Crippen LogP contribution >= 0.6 is 11.6 Å². The van der Waals surface area contributed by atoms with Crippen molar-refractivity contribution in [2.24, 2.45) is 5.14 Å². The first kappa shape index (κ1) is 21.9. The molecule has 3 aromatic rings. The average molecular weight is 469 g/mol. The molecule has 1 aliphatic heterocycles. The fourth-order valence-electron chi connectivity index (χ4n) is 3.39. The molecule has 2 aromatic heterocycles. The van der Waals surface area contributed by atoms with E-state index in [-0.39, 0.29) is 25.0 Å². The van der Waals surface area contributed by atoms with Crippen LogP contribution < -0.4 is 9.88 Å². The highest BCUT2D eigenvalue weighted by Crippen LogP contribution is 2.30. The molecule has 12 heteroatoms. The van der Waals surface area contributed by atoms with Gasteiger partial charge >= 0.3 is 0 Å². The molecule has 1 unspecified atom stereocenters. The second-order valence-corrected chi connectivity index (χ2v) is 9.35.